The van der Waals surface area contributed by atoms with E-state index in [0.717, 1.165) is 0 Å². The molecule has 0 aliphatic rings. The molecule has 0 fully saturated rings. The molecule has 0 aromatic carbocycles. The lowest BCUT2D eigenvalue weighted by Crippen LogP contribution is -2.40. The van der Waals surface area contributed by atoms with Crippen molar-refractivity contribution in [2.75, 3.05) is 13.1 Å². The van der Waals surface area contributed by atoms with Gasteiger partial charge in [-0.05, 0) is 12.8 Å². The van der Waals surface area contributed by atoms with Gasteiger partial charge >= 0.3 is 11.8 Å². The van der Waals surface area contributed by atoms with Crippen molar-refractivity contribution in [3.63, 3.8) is 0 Å². The first kappa shape index (κ1) is 13.4. The second-order valence-corrected chi connectivity index (χ2v) is 2.95. The topological polar surface area (TPSA) is 102 Å². The van der Waals surface area contributed by atoms with E-state index in [9.17, 15) is 9.59 Å². The zero-order valence-electron chi connectivity index (χ0n) is 8.62. The Kier molecular flexibility index (Phi) is 6.93. The largest absolute Gasteiger partial charge is 0.393 e. The van der Waals surface area contributed by atoms with Crippen molar-refractivity contribution < 1.29 is 14.7 Å². The van der Waals surface area contributed by atoms with Crippen LogP contribution < -0.4 is 10.6 Å². The molecule has 1 atom stereocenters. The Balaban J connectivity index is 3.65. The highest BCUT2D eigenvalue weighted by atomic mass is 16.3. The smallest absolute Gasteiger partial charge is 0.310 e. The first-order valence-electron chi connectivity index (χ1n) is 4.72. The summed E-state index contributed by atoms with van der Waals surface area (Å²) in [5.41, 5.74) is 0. The molecule has 0 heterocycles. The number of hydrogen-bond acceptors (Lipinski definition) is 4. The van der Waals surface area contributed by atoms with Crippen molar-refractivity contribution in [3.05, 3.63) is 0 Å². The molecule has 0 aromatic rings. The number of nitrogens with one attached hydrogen (secondary N) is 2. The van der Waals surface area contributed by atoms with Gasteiger partial charge in [0, 0.05) is 6.54 Å². The lowest BCUT2D eigenvalue weighted by Gasteiger charge is -2.08. The molecule has 0 saturated heterocycles. The zero-order valence-corrected chi connectivity index (χ0v) is 8.62. The Hall–Kier alpha value is -1.61. The maximum Gasteiger partial charge on any atom is 0.310 e. The highest BCUT2D eigenvalue weighted by molar-refractivity contribution is 6.35. The molecule has 6 heteroatoms. The number of rotatable bonds is 5. The molecule has 84 valence electrons. The summed E-state index contributed by atoms with van der Waals surface area (Å²) in [6, 6.07) is 1.68. The SMILES string of the molecule is CCC(O)CCNC(=O)C(=O)NCC#N. The molecule has 0 saturated carbocycles. The molecular formula is C9H15N3O3. The van der Waals surface area contributed by atoms with Gasteiger partial charge in [-0.1, -0.05) is 6.92 Å². The van der Waals surface area contributed by atoms with E-state index in [1.54, 1.807) is 6.07 Å². The molecule has 0 radical (unpaired) electrons. The normalized spacial score (nSPS) is 11.3. The monoisotopic (exact) mass is 213 g/mol. The number of amides is 2. The number of carbonyl (C=O) groups excluding carboxylic acids is 2. The van der Waals surface area contributed by atoms with Crippen molar-refractivity contribution in [3.8, 4) is 6.07 Å². The highest BCUT2D eigenvalue weighted by Gasteiger charge is 2.12. The molecule has 2 amide bonds. The Bertz CT molecular complexity index is 260. The molecule has 0 aromatic heterocycles. The summed E-state index contributed by atoms with van der Waals surface area (Å²) in [7, 11) is 0. The van der Waals surface area contributed by atoms with Crippen LogP contribution in [0.25, 0.3) is 0 Å². The Morgan fingerprint density at radius 1 is 1.40 bits per heavy atom. The number of carbonyl (C=O) groups is 2. The minimum Gasteiger partial charge on any atom is -0.393 e. The van der Waals surface area contributed by atoms with E-state index in [0.29, 0.717) is 12.8 Å². The maximum absolute atomic E-state index is 11.0. The first-order valence-corrected chi connectivity index (χ1v) is 4.72. The number of aliphatic hydroxyl groups is 1. The minimum absolute atomic E-state index is 0.191. The van der Waals surface area contributed by atoms with Crippen molar-refractivity contribution in [1.82, 2.24) is 10.6 Å². The lowest BCUT2D eigenvalue weighted by molar-refractivity contribution is -0.139. The fraction of sp³-hybridized carbons (Fsp3) is 0.667. The average molecular weight is 213 g/mol. The van der Waals surface area contributed by atoms with Crippen LogP contribution in [0, 0.1) is 11.3 Å². The summed E-state index contributed by atoms with van der Waals surface area (Å²) in [6.07, 6.45) is 0.553. The molecule has 0 spiro atoms. The van der Waals surface area contributed by atoms with Crippen LogP contribution in [-0.2, 0) is 9.59 Å². The number of aliphatic hydroxyl groups excluding tert-OH is 1. The van der Waals surface area contributed by atoms with Gasteiger partial charge < -0.3 is 15.7 Å². The fourth-order valence-corrected chi connectivity index (χ4v) is 0.837. The third-order valence-electron chi connectivity index (χ3n) is 1.77. The van der Waals surface area contributed by atoms with Crippen LogP contribution in [0.1, 0.15) is 19.8 Å². The van der Waals surface area contributed by atoms with Gasteiger partial charge in [0.25, 0.3) is 0 Å². The van der Waals surface area contributed by atoms with Gasteiger partial charge in [-0.25, -0.2) is 0 Å². The van der Waals surface area contributed by atoms with Crippen LogP contribution in [0.4, 0.5) is 0 Å². The second-order valence-electron chi connectivity index (χ2n) is 2.95. The highest BCUT2D eigenvalue weighted by Crippen LogP contribution is 1.93. The minimum atomic E-state index is -0.831. The molecular weight excluding hydrogens is 198 g/mol. The molecule has 0 bridgehead atoms. The summed E-state index contributed by atoms with van der Waals surface area (Å²) in [5.74, 6) is -1.61. The van der Waals surface area contributed by atoms with Crippen LogP contribution in [0.2, 0.25) is 0 Å². The Morgan fingerprint density at radius 3 is 2.53 bits per heavy atom. The Labute approximate surface area is 88.3 Å². The second kappa shape index (κ2) is 7.76. The summed E-state index contributed by atoms with van der Waals surface area (Å²) < 4.78 is 0. The maximum atomic E-state index is 11.0. The molecule has 1 unspecified atom stereocenters. The first-order chi connectivity index (χ1) is 7.11. The standard InChI is InChI=1S/C9H15N3O3/c1-2-7(13)3-5-11-8(14)9(15)12-6-4-10/h7,13H,2-3,5-6H2,1H3,(H,11,14)(H,12,15). The number of nitriles is 1. The van der Waals surface area contributed by atoms with Gasteiger partial charge in [-0.2, -0.15) is 5.26 Å². The fourth-order valence-electron chi connectivity index (χ4n) is 0.837. The van der Waals surface area contributed by atoms with Gasteiger partial charge in [0.2, 0.25) is 0 Å². The van der Waals surface area contributed by atoms with Gasteiger partial charge in [-0.3, -0.25) is 9.59 Å². The molecule has 0 aliphatic carbocycles. The lowest BCUT2D eigenvalue weighted by atomic mass is 10.2. The molecule has 0 aliphatic heterocycles. The van der Waals surface area contributed by atoms with Crippen LogP contribution in [0.3, 0.4) is 0 Å². The Morgan fingerprint density at radius 2 is 2.00 bits per heavy atom. The van der Waals surface area contributed by atoms with Gasteiger partial charge in [0.05, 0.1) is 12.2 Å². The summed E-state index contributed by atoms with van der Waals surface area (Å²) in [6.45, 7) is 1.88. The molecule has 6 nitrogen and oxygen atoms in total. The van der Waals surface area contributed by atoms with E-state index in [-0.39, 0.29) is 13.1 Å². The van der Waals surface area contributed by atoms with Crippen molar-refractivity contribution in [2.45, 2.75) is 25.9 Å². The van der Waals surface area contributed by atoms with Crippen molar-refractivity contribution >= 4 is 11.8 Å². The van der Waals surface area contributed by atoms with Crippen LogP contribution in [0.15, 0.2) is 0 Å². The number of hydrogen-bond donors (Lipinski definition) is 3. The average Bonchev–Trinajstić information content (AvgIpc) is 2.25. The van der Waals surface area contributed by atoms with Gasteiger partial charge in [-0.15, -0.1) is 0 Å². The van der Waals surface area contributed by atoms with Gasteiger partial charge in [0.15, 0.2) is 0 Å². The van der Waals surface area contributed by atoms with E-state index < -0.39 is 17.9 Å². The summed E-state index contributed by atoms with van der Waals surface area (Å²) in [4.78, 5) is 21.9. The summed E-state index contributed by atoms with van der Waals surface area (Å²) >= 11 is 0. The van der Waals surface area contributed by atoms with Crippen LogP contribution >= 0.6 is 0 Å². The van der Waals surface area contributed by atoms with E-state index in [2.05, 4.69) is 10.6 Å². The van der Waals surface area contributed by atoms with Crippen molar-refractivity contribution in [1.29, 1.82) is 5.26 Å². The predicted octanol–water partition coefficient (Wildman–Crippen LogP) is -1.10. The number of nitrogens with zero attached hydrogens (tertiary/aromatic N) is 1. The van der Waals surface area contributed by atoms with E-state index in [4.69, 9.17) is 10.4 Å². The van der Waals surface area contributed by atoms with Gasteiger partial charge in [0.1, 0.15) is 6.54 Å². The van der Waals surface area contributed by atoms with Crippen LogP contribution in [0.5, 0.6) is 0 Å². The van der Waals surface area contributed by atoms with E-state index in [1.807, 2.05) is 6.92 Å². The molecule has 0 rings (SSSR count). The van der Waals surface area contributed by atoms with Crippen molar-refractivity contribution in [2.24, 2.45) is 0 Å². The predicted molar refractivity (Wildman–Crippen MR) is 52.5 cm³/mol. The van der Waals surface area contributed by atoms with E-state index in [1.165, 1.54) is 0 Å². The summed E-state index contributed by atoms with van der Waals surface area (Å²) in [5, 5.41) is 21.7. The third kappa shape index (κ3) is 6.46. The van der Waals surface area contributed by atoms with E-state index >= 15 is 0 Å². The third-order valence-corrected chi connectivity index (χ3v) is 1.77. The molecule has 3 N–H and O–H groups in total. The van der Waals surface area contributed by atoms with Crippen LogP contribution in [-0.4, -0.2) is 36.1 Å². The zero-order chi connectivity index (χ0) is 11.7. The quantitative estimate of drug-likeness (QED) is 0.398. The molecule has 15 heavy (non-hydrogen) atoms.